The van der Waals surface area contributed by atoms with Gasteiger partial charge in [-0.25, -0.2) is 14.3 Å². The van der Waals surface area contributed by atoms with Gasteiger partial charge in [0.25, 0.3) is 0 Å². The van der Waals surface area contributed by atoms with Crippen molar-refractivity contribution in [2.75, 3.05) is 6.61 Å². The molecule has 146 valence electrons. The van der Waals surface area contributed by atoms with E-state index in [-0.39, 0.29) is 6.61 Å². The summed E-state index contributed by atoms with van der Waals surface area (Å²) in [5.41, 5.74) is 3.16. The van der Waals surface area contributed by atoms with Gasteiger partial charge in [0.15, 0.2) is 0 Å². The molecule has 1 aliphatic rings. The Kier molecular flexibility index (Phi) is 5.44. The van der Waals surface area contributed by atoms with Crippen LogP contribution in [-0.2, 0) is 19.1 Å². The van der Waals surface area contributed by atoms with Crippen molar-refractivity contribution in [3.05, 3.63) is 77.5 Å². The minimum absolute atomic E-state index is 0.269. The van der Waals surface area contributed by atoms with E-state index in [4.69, 9.17) is 21.1 Å². The van der Waals surface area contributed by atoms with Crippen LogP contribution >= 0.6 is 11.6 Å². The summed E-state index contributed by atoms with van der Waals surface area (Å²) >= 11 is 6.00. The summed E-state index contributed by atoms with van der Waals surface area (Å²) in [6, 6.07) is 16.9. The van der Waals surface area contributed by atoms with Crippen molar-refractivity contribution in [2.45, 2.75) is 12.5 Å². The summed E-state index contributed by atoms with van der Waals surface area (Å²) in [6.45, 7) is 0.269. The molecule has 0 N–H and O–H groups in total. The van der Waals surface area contributed by atoms with Crippen LogP contribution < -0.4 is 0 Å². The Balaban J connectivity index is 1.63. The van der Waals surface area contributed by atoms with Gasteiger partial charge >= 0.3 is 11.9 Å². The van der Waals surface area contributed by atoms with Gasteiger partial charge in [-0.05, 0) is 30.3 Å². The molecular formula is C22H17ClN2O4. The lowest BCUT2D eigenvalue weighted by molar-refractivity contribution is -0.156. The molecule has 3 aromatic rings. The molecule has 4 rings (SSSR count). The van der Waals surface area contributed by atoms with Crippen molar-refractivity contribution < 1.29 is 19.1 Å². The third-order valence-corrected chi connectivity index (χ3v) is 4.68. The molecule has 29 heavy (non-hydrogen) atoms. The van der Waals surface area contributed by atoms with Crippen LogP contribution in [0.5, 0.6) is 0 Å². The van der Waals surface area contributed by atoms with Gasteiger partial charge in [-0.2, -0.15) is 5.10 Å². The number of hydrogen-bond acceptors (Lipinski definition) is 5. The highest BCUT2D eigenvalue weighted by Gasteiger charge is 2.29. The van der Waals surface area contributed by atoms with Gasteiger partial charge in [-0.15, -0.1) is 0 Å². The Labute approximate surface area is 172 Å². The van der Waals surface area contributed by atoms with Gasteiger partial charge < -0.3 is 9.47 Å². The van der Waals surface area contributed by atoms with Crippen LogP contribution in [-0.4, -0.2) is 34.4 Å². The van der Waals surface area contributed by atoms with Crippen LogP contribution in [0.4, 0.5) is 0 Å². The van der Waals surface area contributed by atoms with E-state index < -0.39 is 18.0 Å². The first kappa shape index (κ1) is 19.0. The molecule has 6 nitrogen and oxygen atoms in total. The number of nitrogens with zero attached hydrogens (tertiary/aromatic N) is 2. The van der Waals surface area contributed by atoms with E-state index in [2.05, 4.69) is 5.10 Å². The van der Waals surface area contributed by atoms with Gasteiger partial charge in [0.2, 0.25) is 6.10 Å². The second kappa shape index (κ2) is 8.32. The normalized spacial score (nSPS) is 16.2. The maximum Gasteiger partial charge on any atom is 0.347 e. The topological polar surface area (TPSA) is 70.4 Å². The molecule has 0 aliphatic carbocycles. The number of hydrogen-bond donors (Lipinski definition) is 0. The van der Waals surface area contributed by atoms with Gasteiger partial charge in [0.05, 0.1) is 18.0 Å². The Bertz CT molecular complexity index is 1060. The van der Waals surface area contributed by atoms with Crippen molar-refractivity contribution in [2.24, 2.45) is 0 Å². The number of rotatable bonds is 5. The molecule has 1 saturated heterocycles. The minimum atomic E-state index is -0.838. The summed E-state index contributed by atoms with van der Waals surface area (Å²) in [4.78, 5) is 23.6. The van der Waals surface area contributed by atoms with Crippen molar-refractivity contribution in [3.8, 4) is 16.9 Å². The maximum atomic E-state index is 12.1. The molecule has 0 radical (unpaired) electrons. The van der Waals surface area contributed by atoms with Crippen LogP contribution in [0.25, 0.3) is 23.0 Å². The lowest BCUT2D eigenvalue weighted by Crippen LogP contribution is -2.21. The average molecular weight is 409 g/mol. The highest BCUT2D eigenvalue weighted by atomic mass is 35.5. The number of carbonyl (C=O) groups is 2. The highest BCUT2D eigenvalue weighted by Crippen LogP contribution is 2.26. The number of cyclic esters (lactones) is 1. The highest BCUT2D eigenvalue weighted by molar-refractivity contribution is 6.30. The zero-order chi connectivity index (χ0) is 20.2. The first-order chi connectivity index (χ1) is 14.1. The van der Waals surface area contributed by atoms with Crippen molar-refractivity contribution in [1.82, 2.24) is 9.78 Å². The van der Waals surface area contributed by atoms with Crippen LogP contribution in [0.2, 0.25) is 5.02 Å². The van der Waals surface area contributed by atoms with Crippen molar-refractivity contribution >= 4 is 29.6 Å². The molecule has 0 saturated carbocycles. The van der Waals surface area contributed by atoms with Crippen molar-refractivity contribution in [1.29, 1.82) is 0 Å². The van der Waals surface area contributed by atoms with Gasteiger partial charge in [-0.3, -0.25) is 0 Å². The summed E-state index contributed by atoms with van der Waals surface area (Å²) in [5.74, 6) is -1.12. The third-order valence-electron chi connectivity index (χ3n) is 4.43. The fourth-order valence-corrected chi connectivity index (χ4v) is 3.10. The largest absolute Gasteiger partial charge is 0.463 e. The van der Waals surface area contributed by atoms with E-state index in [9.17, 15) is 9.59 Å². The second-order valence-corrected chi connectivity index (χ2v) is 6.87. The summed E-state index contributed by atoms with van der Waals surface area (Å²) in [7, 11) is 0. The van der Waals surface area contributed by atoms with Gasteiger partial charge in [-0.1, -0.05) is 41.9 Å². The van der Waals surface area contributed by atoms with Crippen LogP contribution in [0.1, 0.15) is 12.0 Å². The Morgan fingerprint density at radius 1 is 1.17 bits per heavy atom. The Morgan fingerprint density at radius 3 is 2.62 bits per heavy atom. The fraction of sp³-hybridized carbons (Fsp3) is 0.136. The minimum Gasteiger partial charge on any atom is -0.463 e. The number of aromatic nitrogens is 2. The van der Waals surface area contributed by atoms with Gasteiger partial charge in [0.1, 0.15) is 0 Å². The number of para-hydroxylation sites is 1. The zero-order valence-corrected chi connectivity index (χ0v) is 16.1. The zero-order valence-electron chi connectivity index (χ0n) is 15.3. The van der Waals surface area contributed by atoms with E-state index in [1.54, 1.807) is 22.9 Å². The molecule has 1 aromatic heterocycles. The number of ether oxygens (including phenoxy) is 2. The number of esters is 2. The first-order valence-electron chi connectivity index (χ1n) is 9.06. The molecule has 2 heterocycles. The number of benzene rings is 2. The molecule has 1 atom stereocenters. The molecule has 7 heteroatoms. The lowest BCUT2D eigenvalue weighted by atomic mass is 10.1. The predicted molar refractivity (Wildman–Crippen MR) is 109 cm³/mol. The van der Waals surface area contributed by atoms with Crippen molar-refractivity contribution in [3.63, 3.8) is 0 Å². The Morgan fingerprint density at radius 2 is 1.93 bits per heavy atom. The van der Waals surface area contributed by atoms with Crippen LogP contribution in [0.15, 0.2) is 66.9 Å². The van der Waals surface area contributed by atoms with Gasteiger partial charge in [0, 0.05) is 34.8 Å². The standard InChI is InChI=1S/C22H17ClN2O4/c23-17-9-6-15(7-10-17)21-16(14-25(24-21)18-4-2-1-3-5-18)8-11-20(26)29-19-12-13-28-22(19)27/h1-11,14,19H,12-13H2/b11-8+/t19-/m0/s1. The predicted octanol–water partition coefficient (Wildman–Crippen LogP) is 4.06. The summed E-state index contributed by atoms with van der Waals surface area (Å²) in [5, 5.41) is 5.30. The molecule has 0 amide bonds. The summed E-state index contributed by atoms with van der Waals surface area (Å²) in [6.07, 6.45) is 4.28. The van der Waals surface area contributed by atoms with Crippen LogP contribution in [0.3, 0.4) is 0 Å². The van der Waals surface area contributed by atoms with Crippen LogP contribution in [0, 0.1) is 0 Å². The summed E-state index contributed by atoms with van der Waals surface area (Å²) < 4.78 is 11.7. The molecule has 1 fully saturated rings. The molecule has 0 spiro atoms. The molecule has 2 aromatic carbocycles. The Hall–Kier alpha value is -3.38. The first-order valence-corrected chi connectivity index (χ1v) is 9.44. The fourth-order valence-electron chi connectivity index (χ4n) is 2.98. The monoisotopic (exact) mass is 408 g/mol. The quantitative estimate of drug-likeness (QED) is 0.470. The van der Waals surface area contributed by atoms with E-state index in [0.29, 0.717) is 17.1 Å². The van der Waals surface area contributed by atoms with E-state index in [1.807, 2.05) is 48.7 Å². The molecular weight excluding hydrogens is 392 g/mol. The number of carbonyl (C=O) groups excluding carboxylic acids is 2. The smallest absolute Gasteiger partial charge is 0.347 e. The van der Waals surface area contributed by atoms with E-state index in [1.165, 1.54) is 6.08 Å². The lowest BCUT2D eigenvalue weighted by Gasteiger charge is -2.05. The van der Waals surface area contributed by atoms with E-state index in [0.717, 1.165) is 16.8 Å². The third kappa shape index (κ3) is 4.38. The SMILES string of the molecule is O=C(/C=C/c1cn(-c2ccccc2)nc1-c1ccc(Cl)cc1)O[C@H]1CCOC1=O. The average Bonchev–Trinajstić information content (AvgIpc) is 3.34. The molecule has 0 bridgehead atoms. The molecule has 0 unspecified atom stereocenters. The number of halogens is 1. The maximum absolute atomic E-state index is 12.1. The second-order valence-electron chi connectivity index (χ2n) is 6.44. The molecule has 1 aliphatic heterocycles. The van der Waals surface area contributed by atoms with E-state index >= 15 is 0 Å².